The molecule has 1 aliphatic rings. The van der Waals surface area contributed by atoms with Crippen molar-refractivity contribution in [2.45, 2.75) is 40.0 Å². The number of nitrogens with one attached hydrogen (secondary N) is 2. The first-order valence-corrected chi connectivity index (χ1v) is 12.4. The molecule has 7 heteroatoms. The van der Waals surface area contributed by atoms with Crippen LogP contribution in [-0.4, -0.2) is 18.9 Å². The Labute approximate surface area is 196 Å². The van der Waals surface area contributed by atoms with E-state index in [2.05, 4.69) is 31.4 Å². The number of rotatable bonds is 5. The van der Waals surface area contributed by atoms with E-state index in [0.29, 0.717) is 27.0 Å². The van der Waals surface area contributed by atoms with Crippen molar-refractivity contribution >= 4 is 45.2 Å². The third-order valence-corrected chi connectivity index (χ3v) is 8.08. The van der Waals surface area contributed by atoms with Crippen molar-refractivity contribution in [3.8, 4) is 5.75 Å². The van der Waals surface area contributed by atoms with E-state index in [4.69, 9.17) is 4.74 Å². The zero-order valence-electron chi connectivity index (χ0n) is 18.8. The van der Waals surface area contributed by atoms with Crippen molar-refractivity contribution in [2.75, 3.05) is 17.7 Å². The second-order valence-electron chi connectivity index (χ2n) is 9.13. The maximum Gasteiger partial charge on any atom is 0.266 e. The molecule has 2 N–H and O–H groups in total. The molecule has 0 aliphatic heterocycles. The van der Waals surface area contributed by atoms with Crippen LogP contribution in [0.3, 0.4) is 0 Å². The highest BCUT2D eigenvalue weighted by Gasteiger charge is 2.34. The predicted molar refractivity (Wildman–Crippen MR) is 133 cm³/mol. The van der Waals surface area contributed by atoms with Gasteiger partial charge in [0.15, 0.2) is 0 Å². The Morgan fingerprint density at radius 2 is 1.81 bits per heavy atom. The monoisotopic (exact) mass is 468 g/mol. The topological polar surface area (TPSA) is 67.4 Å². The van der Waals surface area contributed by atoms with Gasteiger partial charge in [0.2, 0.25) is 0 Å². The van der Waals surface area contributed by atoms with Gasteiger partial charge in [-0.2, -0.15) is 0 Å². The van der Waals surface area contributed by atoms with Gasteiger partial charge in [-0.1, -0.05) is 26.8 Å². The normalized spacial score (nSPS) is 15.7. The number of carbonyl (C=O) groups excluding carboxylic acids is 2. The molecule has 2 heterocycles. The van der Waals surface area contributed by atoms with E-state index in [-0.39, 0.29) is 17.2 Å². The SMILES string of the molecule is COc1ccc(NC(=O)c2c(NC(=O)c3cccs3)sc3c2CCC(C(C)(C)C)C3)cc1. The van der Waals surface area contributed by atoms with E-state index in [1.165, 1.54) is 16.2 Å². The Morgan fingerprint density at radius 1 is 1.06 bits per heavy atom. The van der Waals surface area contributed by atoms with Crippen molar-refractivity contribution < 1.29 is 14.3 Å². The lowest BCUT2D eigenvalue weighted by molar-refractivity contribution is 0.102. The summed E-state index contributed by atoms with van der Waals surface area (Å²) in [5, 5.41) is 8.52. The van der Waals surface area contributed by atoms with Crippen LogP contribution in [0.1, 0.15) is 57.7 Å². The molecule has 168 valence electrons. The van der Waals surface area contributed by atoms with Crippen LogP contribution in [0.2, 0.25) is 0 Å². The summed E-state index contributed by atoms with van der Waals surface area (Å²) >= 11 is 2.93. The van der Waals surface area contributed by atoms with Gasteiger partial charge in [-0.3, -0.25) is 9.59 Å². The summed E-state index contributed by atoms with van der Waals surface area (Å²) < 4.78 is 5.20. The quantitative estimate of drug-likeness (QED) is 0.451. The van der Waals surface area contributed by atoms with Crippen LogP contribution >= 0.6 is 22.7 Å². The van der Waals surface area contributed by atoms with Crippen LogP contribution in [0.4, 0.5) is 10.7 Å². The highest BCUT2D eigenvalue weighted by atomic mass is 32.1. The lowest BCUT2D eigenvalue weighted by atomic mass is 9.72. The molecule has 32 heavy (non-hydrogen) atoms. The maximum absolute atomic E-state index is 13.4. The van der Waals surface area contributed by atoms with Gasteiger partial charge in [-0.15, -0.1) is 22.7 Å². The van der Waals surface area contributed by atoms with Gasteiger partial charge in [0.05, 0.1) is 17.6 Å². The van der Waals surface area contributed by atoms with E-state index < -0.39 is 0 Å². The summed E-state index contributed by atoms with van der Waals surface area (Å²) in [6.07, 6.45) is 2.81. The minimum Gasteiger partial charge on any atom is -0.497 e. The molecule has 0 spiro atoms. The molecule has 1 atom stereocenters. The van der Waals surface area contributed by atoms with Crippen molar-refractivity contribution in [3.63, 3.8) is 0 Å². The number of ether oxygens (including phenoxy) is 1. The van der Waals surface area contributed by atoms with E-state index in [9.17, 15) is 9.59 Å². The molecule has 0 saturated heterocycles. The van der Waals surface area contributed by atoms with E-state index >= 15 is 0 Å². The van der Waals surface area contributed by atoms with E-state index in [1.807, 2.05) is 35.7 Å². The van der Waals surface area contributed by atoms with Crippen LogP contribution in [0.15, 0.2) is 41.8 Å². The number of hydrogen-bond donors (Lipinski definition) is 2. The zero-order valence-corrected chi connectivity index (χ0v) is 20.4. The highest BCUT2D eigenvalue weighted by Crippen LogP contribution is 2.44. The number of hydrogen-bond acceptors (Lipinski definition) is 5. The third-order valence-electron chi connectivity index (χ3n) is 6.04. The van der Waals surface area contributed by atoms with Crippen LogP contribution in [0, 0.1) is 11.3 Å². The van der Waals surface area contributed by atoms with E-state index in [1.54, 1.807) is 24.5 Å². The number of amides is 2. The average molecular weight is 469 g/mol. The van der Waals surface area contributed by atoms with Crippen molar-refractivity contribution in [1.82, 2.24) is 0 Å². The lowest BCUT2D eigenvalue weighted by Crippen LogP contribution is -2.27. The molecule has 0 bridgehead atoms. The summed E-state index contributed by atoms with van der Waals surface area (Å²) in [4.78, 5) is 28.0. The molecule has 0 radical (unpaired) electrons. The molecule has 2 aromatic heterocycles. The van der Waals surface area contributed by atoms with Gasteiger partial charge in [0.1, 0.15) is 10.8 Å². The number of methoxy groups -OCH3 is 1. The Kier molecular flexibility index (Phi) is 6.40. The first-order valence-electron chi connectivity index (χ1n) is 10.7. The second kappa shape index (κ2) is 9.08. The third kappa shape index (κ3) is 4.74. The fraction of sp³-hybridized carbons (Fsp3) is 0.360. The number of fused-ring (bicyclic) bond motifs is 1. The largest absolute Gasteiger partial charge is 0.497 e. The molecule has 0 saturated carbocycles. The summed E-state index contributed by atoms with van der Waals surface area (Å²) in [5.74, 6) is 0.910. The molecular weight excluding hydrogens is 440 g/mol. The molecule has 1 aromatic carbocycles. The zero-order chi connectivity index (χ0) is 22.9. The Balaban J connectivity index is 1.66. The predicted octanol–water partition coefficient (Wildman–Crippen LogP) is 6.47. The van der Waals surface area contributed by atoms with Crippen LogP contribution in [0.5, 0.6) is 5.75 Å². The van der Waals surface area contributed by atoms with Crippen molar-refractivity contribution in [2.24, 2.45) is 11.3 Å². The fourth-order valence-electron chi connectivity index (χ4n) is 4.09. The minimum absolute atomic E-state index is 0.176. The van der Waals surface area contributed by atoms with Crippen LogP contribution in [-0.2, 0) is 12.8 Å². The molecule has 2 amide bonds. The summed E-state index contributed by atoms with van der Waals surface area (Å²) in [6.45, 7) is 6.81. The second-order valence-corrected chi connectivity index (χ2v) is 11.2. The highest BCUT2D eigenvalue weighted by molar-refractivity contribution is 7.17. The smallest absolute Gasteiger partial charge is 0.266 e. The maximum atomic E-state index is 13.4. The number of thiophene rings is 2. The molecule has 3 aromatic rings. The first kappa shape index (κ1) is 22.6. The first-order chi connectivity index (χ1) is 15.3. The van der Waals surface area contributed by atoms with Crippen LogP contribution < -0.4 is 15.4 Å². The van der Waals surface area contributed by atoms with Gasteiger partial charge < -0.3 is 15.4 Å². The van der Waals surface area contributed by atoms with Gasteiger partial charge in [0, 0.05) is 10.6 Å². The number of benzene rings is 1. The lowest BCUT2D eigenvalue weighted by Gasteiger charge is -2.33. The van der Waals surface area contributed by atoms with Gasteiger partial charge in [0.25, 0.3) is 11.8 Å². The fourth-order valence-corrected chi connectivity index (χ4v) is 6.03. The molecule has 1 unspecified atom stereocenters. The van der Waals surface area contributed by atoms with E-state index in [0.717, 1.165) is 30.6 Å². The van der Waals surface area contributed by atoms with Gasteiger partial charge in [-0.05, 0) is 71.9 Å². The Bertz CT molecular complexity index is 1110. The van der Waals surface area contributed by atoms with Crippen LogP contribution in [0.25, 0.3) is 0 Å². The number of anilines is 2. The van der Waals surface area contributed by atoms with Crippen molar-refractivity contribution in [3.05, 3.63) is 62.7 Å². The number of carbonyl (C=O) groups is 2. The average Bonchev–Trinajstić information content (AvgIpc) is 3.41. The summed E-state index contributed by atoms with van der Waals surface area (Å²) in [7, 11) is 1.61. The molecule has 1 aliphatic carbocycles. The molecule has 4 rings (SSSR count). The Hall–Kier alpha value is -2.64. The van der Waals surface area contributed by atoms with Gasteiger partial charge >= 0.3 is 0 Å². The molecule has 0 fully saturated rings. The minimum atomic E-state index is -0.191. The Morgan fingerprint density at radius 3 is 2.44 bits per heavy atom. The molecular formula is C25H28N2O3S2. The standard InChI is InChI=1S/C25H28N2O3S2/c1-25(2,3)15-7-12-18-20(14-15)32-24(27-22(28)19-6-5-13-31-19)21(18)23(29)26-16-8-10-17(30-4)11-9-16/h5-6,8-11,13,15H,7,12,14H2,1-4H3,(H,26,29)(H,27,28). The van der Waals surface area contributed by atoms with Gasteiger partial charge in [-0.25, -0.2) is 0 Å². The molecule has 5 nitrogen and oxygen atoms in total. The van der Waals surface area contributed by atoms with Crippen molar-refractivity contribution in [1.29, 1.82) is 0 Å². The summed E-state index contributed by atoms with van der Waals surface area (Å²) in [6, 6.07) is 10.9. The summed E-state index contributed by atoms with van der Waals surface area (Å²) in [5.41, 5.74) is 2.56.